The molecule has 1 aromatic heterocycles. The van der Waals surface area contributed by atoms with Crippen LogP contribution in [0.15, 0.2) is 6.20 Å². The van der Waals surface area contributed by atoms with Gasteiger partial charge in [-0.3, -0.25) is 9.48 Å². The van der Waals surface area contributed by atoms with E-state index in [-0.39, 0.29) is 17.3 Å². The number of carbonyl (C=O) groups excluding carboxylic acids is 1. The molecule has 0 aliphatic carbocycles. The van der Waals surface area contributed by atoms with Crippen LogP contribution in [0.4, 0.5) is 14.6 Å². The maximum Gasteiger partial charge on any atom is 0.258 e. The van der Waals surface area contributed by atoms with Crippen molar-refractivity contribution in [1.82, 2.24) is 14.7 Å². The van der Waals surface area contributed by atoms with Crippen LogP contribution in [0.2, 0.25) is 0 Å². The third kappa shape index (κ3) is 3.68. The predicted molar refractivity (Wildman–Crippen MR) is 64.5 cm³/mol. The first-order valence-corrected chi connectivity index (χ1v) is 5.82. The number of nitrogens with two attached hydrogens (primary N) is 1. The van der Waals surface area contributed by atoms with Gasteiger partial charge in [0.05, 0.1) is 0 Å². The highest BCUT2D eigenvalue weighted by Crippen LogP contribution is 2.13. The van der Waals surface area contributed by atoms with Gasteiger partial charge >= 0.3 is 0 Å². The molecule has 0 fully saturated rings. The Kier molecular flexibility index (Phi) is 5.06. The fourth-order valence-electron chi connectivity index (χ4n) is 1.54. The zero-order valence-corrected chi connectivity index (χ0v) is 10.6. The van der Waals surface area contributed by atoms with Gasteiger partial charge in [0, 0.05) is 19.8 Å². The topological polar surface area (TPSA) is 64.2 Å². The van der Waals surface area contributed by atoms with Gasteiger partial charge in [-0.15, -0.1) is 0 Å². The monoisotopic (exact) mass is 260 g/mol. The molecule has 0 aliphatic rings. The first kappa shape index (κ1) is 14.4. The van der Waals surface area contributed by atoms with Crippen molar-refractivity contribution in [1.29, 1.82) is 0 Å². The lowest BCUT2D eigenvalue weighted by Crippen LogP contribution is -2.28. The van der Waals surface area contributed by atoms with Gasteiger partial charge in [0.15, 0.2) is 5.82 Å². The molecular formula is C11H18F2N4O. The van der Waals surface area contributed by atoms with E-state index in [1.165, 1.54) is 11.1 Å². The number of rotatable bonds is 6. The summed E-state index contributed by atoms with van der Waals surface area (Å²) in [7, 11) is 1.65. The molecule has 102 valence electrons. The van der Waals surface area contributed by atoms with Crippen molar-refractivity contribution in [3.8, 4) is 0 Å². The number of alkyl halides is 2. The lowest BCUT2D eigenvalue weighted by molar-refractivity contribution is 0.0793. The van der Waals surface area contributed by atoms with E-state index in [9.17, 15) is 13.6 Å². The number of aromatic nitrogens is 2. The third-order valence-electron chi connectivity index (χ3n) is 2.54. The minimum atomic E-state index is -2.52. The van der Waals surface area contributed by atoms with Gasteiger partial charge < -0.3 is 10.6 Å². The van der Waals surface area contributed by atoms with E-state index in [4.69, 9.17) is 5.73 Å². The summed E-state index contributed by atoms with van der Waals surface area (Å²) in [6, 6.07) is 0. The molecule has 0 spiro atoms. The second-order valence-electron chi connectivity index (χ2n) is 4.12. The van der Waals surface area contributed by atoms with Gasteiger partial charge in [0.25, 0.3) is 12.3 Å². The Morgan fingerprint density at radius 1 is 1.61 bits per heavy atom. The summed E-state index contributed by atoms with van der Waals surface area (Å²) in [6.07, 6.45) is 0.599. The molecule has 0 bridgehead atoms. The molecule has 5 nitrogen and oxygen atoms in total. The Bertz CT molecular complexity index is 406. The molecule has 1 aromatic rings. The van der Waals surface area contributed by atoms with Crippen LogP contribution in [0, 0.1) is 0 Å². The van der Waals surface area contributed by atoms with Crippen molar-refractivity contribution >= 4 is 11.7 Å². The second-order valence-corrected chi connectivity index (χ2v) is 4.12. The number of anilines is 1. The molecular weight excluding hydrogens is 242 g/mol. The van der Waals surface area contributed by atoms with Crippen LogP contribution < -0.4 is 5.73 Å². The van der Waals surface area contributed by atoms with Gasteiger partial charge in [-0.2, -0.15) is 5.10 Å². The molecule has 1 heterocycles. The number of hydrogen-bond donors (Lipinski definition) is 1. The van der Waals surface area contributed by atoms with Crippen LogP contribution in [0.3, 0.4) is 0 Å². The predicted octanol–water partition coefficient (Wildman–Crippen LogP) is 1.60. The highest BCUT2D eigenvalue weighted by Gasteiger charge is 2.18. The smallest absolute Gasteiger partial charge is 0.258 e. The molecule has 0 saturated heterocycles. The minimum absolute atomic E-state index is 0.0102. The van der Waals surface area contributed by atoms with E-state index in [0.717, 1.165) is 17.5 Å². The Hall–Kier alpha value is -1.66. The molecule has 1 amide bonds. The molecule has 0 unspecified atom stereocenters. The van der Waals surface area contributed by atoms with Gasteiger partial charge in [-0.05, 0) is 6.42 Å². The molecule has 0 radical (unpaired) electrons. The van der Waals surface area contributed by atoms with Crippen molar-refractivity contribution < 1.29 is 13.6 Å². The summed E-state index contributed by atoms with van der Waals surface area (Å²) < 4.78 is 25.4. The first-order valence-electron chi connectivity index (χ1n) is 5.82. The number of halogens is 2. The van der Waals surface area contributed by atoms with E-state index in [1.54, 1.807) is 7.05 Å². The van der Waals surface area contributed by atoms with Gasteiger partial charge in [0.2, 0.25) is 0 Å². The lowest BCUT2D eigenvalue weighted by atomic mass is 10.2. The summed E-state index contributed by atoms with van der Waals surface area (Å²) in [4.78, 5) is 13.5. The highest BCUT2D eigenvalue weighted by molar-refractivity contribution is 5.98. The van der Waals surface area contributed by atoms with Crippen LogP contribution in [0.25, 0.3) is 0 Å². The average Bonchev–Trinajstić information content (AvgIpc) is 2.65. The molecule has 2 N–H and O–H groups in total. The van der Waals surface area contributed by atoms with E-state index in [2.05, 4.69) is 5.10 Å². The summed E-state index contributed by atoms with van der Waals surface area (Å²) >= 11 is 0. The number of carbonyl (C=O) groups is 1. The quantitative estimate of drug-likeness (QED) is 0.845. The van der Waals surface area contributed by atoms with Crippen LogP contribution >= 0.6 is 0 Å². The minimum Gasteiger partial charge on any atom is -0.382 e. The lowest BCUT2D eigenvalue weighted by Gasteiger charge is -2.15. The summed E-state index contributed by atoms with van der Waals surface area (Å²) in [6.45, 7) is 2.07. The Balaban J connectivity index is 2.76. The van der Waals surface area contributed by atoms with Crippen molar-refractivity contribution in [2.24, 2.45) is 0 Å². The number of nitrogen functional groups attached to an aromatic ring is 1. The fourth-order valence-corrected chi connectivity index (χ4v) is 1.54. The third-order valence-corrected chi connectivity index (χ3v) is 2.54. The largest absolute Gasteiger partial charge is 0.382 e. The SMILES string of the molecule is CCCCN(C)C(=O)c1cn(CC(F)F)nc1N. The molecule has 0 aliphatic heterocycles. The molecule has 18 heavy (non-hydrogen) atoms. The van der Waals surface area contributed by atoms with E-state index in [0.29, 0.717) is 6.54 Å². The second kappa shape index (κ2) is 6.32. The van der Waals surface area contributed by atoms with E-state index < -0.39 is 13.0 Å². The Labute approximate surface area is 105 Å². The van der Waals surface area contributed by atoms with Gasteiger partial charge in [-0.1, -0.05) is 13.3 Å². The molecule has 7 heteroatoms. The maximum absolute atomic E-state index is 12.2. The van der Waals surface area contributed by atoms with Crippen LogP contribution in [-0.4, -0.2) is 40.6 Å². The number of hydrogen-bond acceptors (Lipinski definition) is 3. The van der Waals surface area contributed by atoms with Crippen LogP contribution in [0.1, 0.15) is 30.1 Å². The molecule has 0 saturated carbocycles. The number of unbranched alkanes of at least 4 members (excludes halogenated alkanes) is 1. The first-order chi connectivity index (χ1) is 8.45. The number of amides is 1. The van der Waals surface area contributed by atoms with Crippen molar-refractivity contribution in [3.05, 3.63) is 11.8 Å². The zero-order valence-electron chi connectivity index (χ0n) is 10.6. The van der Waals surface area contributed by atoms with E-state index >= 15 is 0 Å². The standard InChI is InChI=1S/C11H18F2N4O/c1-3-4-5-16(2)11(18)8-6-17(7-9(12)13)15-10(8)14/h6,9H,3-5,7H2,1-2H3,(H2,14,15). The summed E-state index contributed by atoms with van der Waals surface area (Å²) in [5.41, 5.74) is 5.74. The normalized spacial score (nSPS) is 10.9. The summed E-state index contributed by atoms with van der Waals surface area (Å²) in [5.74, 6) is -0.300. The molecule has 1 rings (SSSR count). The Morgan fingerprint density at radius 3 is 2.83 bits per heavy atom. The van der Waals surface area contributed by atoms with Crippen LogP contribution in [0.5, 0.6) is 0 Å². The maximum atomic E-state index is 12.2. The Morgan fingerprint density at radius 2 is 2.28 bits per heavy atom. The summed E-state index contributed by atoms with van der Waals surface area (Å²) in [5, 5.41) is 3.70. The molecule has 0 aromatic carbocycles. The fraction of sp³-hybridized carbons (Fsp3) is 0.636. The van der Waals surface area contributed by atoms with Gasteiger partial charge in [-0.25, -0.2) is 8.78 Å². The van der Waals surface area contributed by atoms with Crippen LogP contribution in [-0.2, 0) is 6.54 Å². The van der Waals surface area contributed by atoms with Gasteiger partial charge in [0.1, 0.15) is 12.1 Å². The number of nitrogens with zero attached hydrogens (tertiary/aromatic N) is 3. The average molecular weight is 260 g/mol. The van der Waals surface area contributed by atoms with Crippen molar-refractivity contribution in [2.45, 2.75) is 32.7 Å². The van der Waals surface area contributed by atoms with E-state index in [1.807, 2.05) is 6.92 Å². The zero-order chi connectivity index (χ0) is 13.7. The van der Waals surface area contributed by atoms with Crippen molar-refractivity contribution in [2.75, 3.05) is 19.3 Å². The molecule has 0 atom stereocenters. The van der Waals surface area contributed by atoms with Crippen molar-refractivity contribution in [3.63, 3.8) is 0 Å². The highest BCUT2D eigenvalue weighted by atomic mass is 19.3.